The van der Waals surface area contributed by atoms with Gasteiger partial charge in [-0.25, -0.2) is 0 Å². The molecule has 1 aromatic rings. The van der Waals surface area contributed by atoms with Crippen molar-refractivity contribution in [2.24, 2.45) is 11.1 Å². The zero-order chi connectivity index (χ0) is 13.7. The van der Waals surface area contributed by atoms with E-state index in [1.165, 1.54) is 5.56 Å². The summed E-state index contributed by atoms with van der Waals surface area (Å²) in [5.41, 5.74) is 6.27. The van der Waals surface area contributed by atoms with E-state index in [1.54, 1.807) is 0 Å². The van der Waals surface area contributed by atoms with Crippen LogP contribution in [-0.2, 0) is 11.3 Å². The summed E-state index contributed by atoms with van der Waals surface area (Å²) >= 11 is 0. The van der Waals surface area contributed by atoms with Crippen LogP contribution < -0.4 is 5.73 Å². The lowest BCUT2D eigenvalue weighted by molar-refractivity contribution is -0.149. The van der Waals surface area contributed by atoms with Gasteiger partial charge in [0.15, 0.2) is 0 Å². The number of nitrogens with two attached hydrogens (primary N) is 1. The van der Waals surface area contributed by atoms with Gasteiger partial charge in [0.25, 0.3) is 0 Å². The summed E-state index contributed by atoms with van der Waals surface area (Å²) in [6.45, 7) is 2.88. The number of nitrogens with zero attached hydrogens (tertiary/aromatic N) is 1. The second kappa shape index (κ2) is 6.17. The first-order valence-corrected chi connectivity index (χ1v) is 6.86. The number of likely N-dealkylation sites (tertiary alicyclic amines) is 1. The van der Waals surface area contributed by atoms with Crippen molar-refractivity contribution in [1.82, 2.24) is 4.90 Å². The Kier molecular flexibility index (Phi) is 4.56. The highest BCUT2D eigenvalue weighted by Crippen LogP contribution is 2.31. The average Bonchev–Trinajstić information content (AvgIpc) is 2.63. The van der Waals surface area contributed by atoms with Gasteiger partial charge in [-0.15, -0.1) is 0 Å². The van der Waals surface area contributed by atoms with Gasteiger partial charge >= 0.3 is 5.97 Å². The molecular weight excluding hydrogens is 240 g/mol. The Morgan fingerprint density at radius 3 is 2.63 bits per heavy atom. The van der Waals surface area contributed by atoms with Crippen molar-refractivity contribution >= 4 is 5.97 Å². The van der Waals surface area contributed by atoms with Crippen LogP contribution in [0.25, 0.3) is 0 Å². The van der Waals surface area contributed by atoms with Crippen molar-refractivity contribution in [2.75, 3.05) is 19.6 Å². The molecule has 0 radical (unpaired) electrons. The molecule has 0 spiro atoms. The van der Waals surface area contributed by atoms with Gasteiger partial charge in [0.05, 0.1) is 5.41 Å². The molecule has 3 N–H and O–H groups in total. The largest absolute Gasteiger partial charge is 0.481 e. The third kappa shape index (κ3) is 3.33. The van der Waals surface area contributed by atoms with E-state index < -0.39 is 11.4 Å². The van der Waals surface area contributed by atoms with Crippen LogP contribution in [0.5, 0.6) is 0 Å². The van der Waals surface area contributed by atoms with Gasteiger partial charge in [-0.3, -0.25) is 9.69 Å². The van der Waals surface area contributed by atoms with Crippen LogP contribution in [0.15, 0.2) is 30.3 Å². The number of benzene rings is 1. The summed E-state index contributed by atoms with van der Waals surface area (Å²) in [6.07, 6.45) is 2.23. The van der Waals surface area contributed by atoms with Gasteiger partial charge in [0, 0.05) is 13.1 Å². The molecule has 0 bridgehead atoms. The fourth-order valence-electron chi connectivity index (χ4n) is 2.76. The zero-order valence-corrected chi connectivity index (χ0v) is 11.2. The molecule has 1 atom stereocenters. The van der Waals surface area contributed by atoms with E-state index in [2.05, 4.69) is 17.0 Å². The first-order chi connectivity index (χ1) is 9.16. The van der Waals surface area contributed by atoms with Gasteiger partial charge in [0.2, 0.25) is 0 Å². The maximum atomic E-state index is 11.4. The third-order valence-electron chi connectivity index (χ3n) is 4.13. The molecule has 1 unspecified atom stereocenters. The van der Waals surface area contributed by atoms with Gasteiger partial charge < -0.3 is 10.8 Å². The SMILES string of the molecule is NCC1(C(=O)O)CCCN(Cc2ccccc2)CC1. The second-order valence-corrected chi connectivity index (χ2v) is 5.40. The molecule has 0 aromatic heterocycles. The minimum absolute atomic E-state index is 0.238. The molecule has 4 nitrogen and oxygen atoms in total. The van der Waals surface area contributed by atoms with Crippen molar-refractivity contribution in [1.29, 1.82) is 0 Å². The molecule has 19 heavy (non-hydrogen) atoms. The molecule has 0 saturated carbocycles. The molecule has 1 heterocycles. The lowest BCUT2D eigenvalue weighted by Crippen LogP contribution is -2.39. The number of hydrogen-bond acceptors (Lipinski definition) is 3. The average molecular weight is 262 g/mol. The molecule has 1 saturated heterocycles. The molecule has 1 aliphatic heterocycles. The Morgan fingerprint density at radius 1 is 1.26 bits per heavy atom. The van der Waals surface area contributed by atoms with E-state index >= 15 is 0 Å². The van der Waals surface area contributed by atoms with E-state index in [-0.39, 0.29) is 6.54 Å². The summed E-state index contributed by atoms with van der Waals surface area (Å²) < 4.78 is 0. The van der Waals surface area contributed by atoms with E-state index in [1.807, 2.05) is 18.2 Å². The molecule has 1 aliphatic rings. The summed E-state index contributed by atoms with van der Waals surface area (Å²) in [4.78, 5) is 13.8. The summed E-state index contributed by atoms with van der Waals surface area (Å²) in [6, 6.07) is 10.3. The van der Waals surface area contributed by atoms with E-state index in [4.69, 9.17) is 5.73 Å². The number of aliphatic carboxylic acids is 1. The first kappa shape index (κ1) is 14.0. The van der Waals surface area contributed by atoms with Crippen molar-refractivity contribution in [2.45, 2.75) is 25.8 Å². The molecule has 0 aliphatic carbocycles. The number of carbonyl (C=O) groups is 1. The van der Waals surface area contributed by atoms with Crippen molar-refractivity contribution in [3.8, 4) is 0 Å². The van der Waals surface area contributed by atoms with Crippen LogP contribution in [0, 0.1) is 5.41 Å². The van der Waals surface area contributed by atoms with Gasteiger partial charge in [-0.2, -0.15) is 0 Å². The van der Waals surface area contributed by atoms with Crippen LogP contribution in [0.1, 0.15) is 24.8 Å². The lowest BCUT2D eigenvalue weighted by atomic mass is 9.81. The fourth-order valence-corrected chi connectivity index (χ4v) is 2.76. The van der Waals surface area contributed by atoms with Crippen molar-refractivity contribution in [3.63, 3.8) is 0 Å². The standard InChI is InChI=1S/C15H22N2O2/c16-12-15(14(18)19)7-4-9-17(10-8-15)11-13-5-2-1-3-6-13/h1-3,5-6H,4,7-12,16H2,(H,18,19). The van der Waals surface area contributed by atoms with Crippen LogP contribution in [0.2, 0.25) is 0 Å². The van der Waals surface area contributed by atoms with E-state index in [0.717, 1.165) is 26.1 Å². The second-order valence-electron chi connectivity index (χ2n) is 5.40. The van der Waals surface area contributed by atoms with Crippen molar-refractivity contribution in [3.05, 3.63) is 35.9 Å². The predicted molar refractivity (Wildman–Crippen MR) is 74.7 cm³/mol. The predicted octanol–water partition coefficient (Wildman–Crippen LogP) is 1.70. The Labute approximate surface area is 114 Å². The third-order valence-corrected chi connectivity index (χ3v) is 4.13. The molecule has 1 aromatic carbocycles. The van der Waals surface area contributed by atoms with E-state index in [9.17, 15) is 9.90 Å². The normalized spacial score (nSPS) is 24.9. The lowest BCUT2D eigenvalue weighted by Gasteiger charge is -2.26. The maximum Gasteiger partial charge on any atom is 0.310 e. The topological polar surface area (TPSA) is 66.6 Å². The summed E-state index contributed by atoms with van der Waals surface area (Å²) in [7, 11) is 0. The highest BCUT2D eigenvalue weighted by molar-refractivity contribution is 5.75. The quantitative estimate of drug-likeness (QED) is 0.866. The van der Waals surface area contributed by atoms with Gasteiger partial charge in [-0.05, 0) is 37.9 Å². The minimum atomic E-state index is -0.739. The van der Waals surface area contributed by atoms with Gasteiger partial charge in [0.1, 0.15) is 0 Å². The van der Waals surface area contributed by atoms with Crippen LogP contribution >= 0.6 is 0 Å². The molecule has 104 valence electrons. The monoisotopic (exact) mass is 262 g/mol. The minimum Gasteiger partial charge on any atom is -0.481 e. The molecule has 1 fully saturated rings. The van der Waals surface area contributed by atoms with Crippen LogP contribution in [-0.4, -0.2) is 35.6 Å². The number of hydrogen-bond donors (Lipinski definition) is 2. The Hall–Kier alpha value is -1.39. The highest BCUT2D eigenvalue weighted by atomic mass is 16.4. The maximum absolute atomic E-state index is 11.4. The molecular formula is C15H22N2O2. The molecule has 0 amide bonds. The van der Waals surface area contributed by atoms with Crippen LogP contribution in [0.3, 0.4) is 0 Å². The molecule has 4 heteroatoms. The zero-order valence-electron chi connectivity index (χ0n) is 11.2. The number of carboxylic acid groups (broad SMARTS) is 1. The number of carboxylic acids is 1. The smallest absolute Gasteiger partial charge is 0.310 e. The Balaban J connectivity index is 1.99. The first-order valence-electron chi connectivity index (χ1n) is 6.86. The Bertz CT molecular complexity index is 421. The van der Waals surface area contributed by atoms with Crippen molar-refractivity contribution < 1.29 is 9.90 Å². The highest BCUT2D eigenvalue weighted by Gasteiger charge is 2.38. The van der Waals surface area contributed by atoms with E-state index in [0.29, 0.717) is 12.8 Å². The fraction of sp³-hybridized carbons (Fsp3) is 0.533. The summed E-state index contributed by atoms with van der Waals surface area (Å²) in [5.74, 6) is -0.739. The van der Waals surface area contributed by atoms with Crippen LogP contribution in [0.4, 0.5) is 0 Å². The van der Waals surface area contributed by atoms with Gasteiger partial charge in [-0.1, -0.05) is 30.3 Å². The summed E-state index contributed by atoms with van der Waals surface area (Å²) in [5, 5.41) is 9.39. The molecule has 2 rings (SSSR count). The Morgan fingerprint density at radius 2 is 2.00 bits per heavy atom. The number of rotatable bonds is 4.